The van der Waals surface area contributed by atoms with E-state index < -0.39 is 16.9 Å². The summed E-state index contributed by atoms with van der Waals surface area (Å²) in [5.74, 6) is -0.328. The number of ketones is 1. The van der Waals surface area contributed by atoms with Crippen LogP contribution >= 0.6 is 11.6 Å². The molecule has 1 aromatic heterocycles. The summed E-state index contributed by atoms with van der Waals surface area (Å²) in [5, 5.41) is -0.340. The number of H-pyrrole nitrogens is 1. The topological polar surface area (TPSA) is 32.9 Å². The van der Waals surface area contributed by atoms with Crippen molar-refractivity contribution in [2.45, 2.75) is 13.1 Å². The third-order valence-electron chi connectivity index (χ3n) is 2.43. The number of aromatic nitrogens is 1. The molecule has 17 heavy (non-hydrogen) atoms. The van der Waals surface area contributed by atoms with Gasteiger partial charge in [-0.15, -0.1) is 0 Å². The first kappa shape index (κ1) is 12.0. The highest BCUT2D eigenvalue weighted by molar-refractivity contribution is 6.37. The van der Waals surface area contributed by atoms with Crippen molar-refractivity contribution in [3.05, 3.63) is 34.5 Å². The molecule has 0 spiro atoms. The summed E-state index contributed by atoms with van der Waals surface area (Å²) in [5.41, 5.74) is -0.642. The molecule has 0 bridgehead atoms. The molecule has 0 amide bonds. The Hall–Kier alpha value is -1.49. The third-order valence-corrected chi connectivity index (χ3v) is 2.80. The molecule has 90 valence electrons. The van der Waals surface area contributed by atoms with E-state index in [1.807, 2.05) is 0 Å². The van der Waals surface area contributed by atoms with Crippen molar-refractivity contribution in [2.75, 3.05) is 0 Å². The Morgan fingerprint density at radius 1 is 1.35 bits per heavy atom. The molecule has 0 aliphatic rings. The molecule has 0 aliphatic carbocycles. The molecule has 0 aliphatic heterocycles. The Labute approximate surface area is 99.4 Å². The summed E-state index contributed by atoms with van der Waals surface area (Å²) in [4.78, 5) is 13.5. The molecule has 0 unspecified atom stereocenters. The average Bonchev–Trinajstić information content (AvgIpc) is 2.55. The van der Waals surface area contributed by atoms with Crippen LogP contribution in [0.15, 0.2) is 18.2 Å². The Balaban J connectivity index is 2.84. The molecule has 0 fully saturated rings. The van der Waals surface area contributed by atoms with Gasteiger partial charge in [-0.1, -0.05) is 23.7 Å². The maximum atomic E-state index is 12.6. The first-order valence-corrected chi connectivity index (χ1v) is 5.08. The van der Waals surface area contributed by atoms with E-state index >= 15 is 0 Å². The predicted octanol–water partition coefficient (Wildman–Crippen LogP) is 4.04. The van der Waals surface area contributed by atoms with Gasteiger partial charge in [-0.05, 0) is 13.0 Å². The maximum absolute atomic E-state index is 12.6. The zero-order chi connectivity index (χ0) is 12.8. The SMILES string of the molecule is CC(=O)c1cccc2[nH]c(C(F)(F)F)c(Cl)c12. The number of hydrogen-bond acceptors (Lipinski definition) is 1. The number of halogens is 4. The number of alkyl halides is 3. The van der Waals surface area contributed by atoms with Crippen molar-refractivity contribution < 1.29 is 18.0 Å². The van der Waals surface area contributed by atoms with Crippen LogP contribution in [0.2, 0.25) is 5.02 Å². The van der Waals surface area contributed by atoms with Gasteiger partial charge in [0.1, 0.15) is 5.69 Å². The van der Waals surface area contributed by atoms with E-state index in [4.69, 9.17) is 11.6 Å². The van der Waals surface area contributed by atoms with Crippen LogP contribution in [0, 0.1) is 0 Å². The number of nitrogens with one attached hydrogen (secondary N) is 1. The molecule has 2 aromatic rings. The number of carbonyl (C=O) groups is 1. The summed E-state index contributed by atoms with van der Waals surface area (Å²) in [6, 6.07) is 4.40. The molecule has 0 saturated heterocycles. The second kappa shape index (κ2) is 3.77. The van der Waals surface area contributed by atoms with Gasteiger partial charge in [0.25, 0.3) is 0 Å². The van der Waals surface area contributed by atoms with Gasteiger partial charge in [-0.25, -0.2) is 0 Å². The molecule has 1 N–H and O–H groups in total. The van der Waals surface area contributed by atoms with Crippen LogP contribution in [0.1, 0.15) is 23.0 Å². The zero-order valence-electron chi connectivity index (χ0n) is 8.65. The minimum Gasteiger partial charge on any atom is -0.350 e. The van der Waals surface area contributed by atoms with E-state index in [1.165, 1.54) is 25.1 Å². The average molecular weight is 262 g/mol. The highest BCUT2D eigenvalue weighted by atomic mass is 35.5. The number of aromatic amines is 1. The van der Waals surface area contributed by atoms with Gasteiger partial charge in [0.15, 0.2) is 5.78 Å². The summed E-state index contributed by atoms with van der Waals surface area (Å²) < 4.78 is 37.9. The van der Waals surface area contributed by atoms with Gasteiger partial charge in [0.05, 0.1) is 5.02 Å². The lowest BCUT2D eigenvalue weighted by Crippen LogP contribution is -2.05. The Bertz CT molecular complexity index is 601. The fourth-order valence-corrected chi connectivity index (χ4v) is 2.05. The van der Waals surface area contributed by atoms with Gasteiger partial charge in [0.2, 0.25) is 0 Å². The maximum Gasteiger partial charge on any atom is 0.432 e. The van der Waals surface area contributed by atoms with Crippen molar-refractivity contribution in [3.8, 4) is 0 Å². The third kappa shape index (κ3) is 1.91. The van der Waals surface area contributed by atoms with Gasteiger partial charge in [-0.3, -0.25) is 4.79 Å². The smallest absolute Gasteiger partial charge is 0.350 e. The molecular weight excluding hydrogens is 255 g/mol. The summed E-state index contributed by atoms with van der Waals surface area (Å²) in [6.07, 6.45) is -4.57. The number of Topliss-reactive ketones (excluding diaryl/α,β-unsaturated/α-hetero) is 1. The minimum atomic E-state index is -4.57. The van der Waals surface area contributed by atoms with Gasteiger partial charge < -0.3 is 4.98 Å². The van der Waals surface area contributed by atoms with Crippen LogP contribution in [0.5, 0.6) is 0 Å². The van der Waals surface area contributed by atoms with Crippen LogP contribution in [0.25, 0.3) is 10.9 Å². The van der Waals surface area contributed by atoms with E-state index in [1.54, 1.807) is 0 Å². The predicted molar refractivity (Wildman–Crippen MR) is 58.3 cm³/mol. The lowest BCUT2D eigenvalue weighted by atomic mass is 10.1. The largest absolute Gasteiger partial charge is 0.432 e. The molecule has 2 nitrogen and oxygen atoms in total. The highest BCUT2D eigenvalue weighted by Gasteiger charge is 2.36. The Kier molecular flexibility index (Phi) is 2.66. The summed E-state index contributed by atoms with van der Waals surface area (Å²) >= 11 is 5.69. The summed E-state index contributed by atoms with van der Waals surface area (Å²) in [7, 11) is 0. The van der Waals surface area contributed by atoms with Crippen LogP contribution in [-0.2, 0) is 6.18 Å². The Morgan fingerprint density at radius 2 is 2.00 bits per heavy atom. The van der Waals surface area contributed by atoms with E-state index in [0.29, 0.717) is 0 Å². The molecule has 1 aromatic carbocycles. The van der Waals surface area contributed by atoms with Crippen molar-refractivity contribution in [3.63, 3.8) is 0 Å². The first-order valence-electron chi connectivity index (χ1n) is 4.70. The standard InChI is InChI=1S/C11H7ClF3NO/c1-5(17)6-3-2-4-7-8(6)9(12)10(16-7)11(13,14)15/h2-4,16H,1H3. The quantitative estimate of drug-likeness (QED) is 0.772. The molecule has 2 rings (SSSR count). The van der Waals surface area contributed by atoms with E-state index in [-0.39, 0.29) is 22.2 Å². The first-order chi connectivity index (χ1) is 7.82. The minimum absolute atomic E-state index is 0.119. The molecule has 0 radical (unpaired) electrons. The highest BCUT2D eigenvalue weighted by Crippen LogP contribution is 2.39. The van der Waals surface area contributed by atoms with Gasteiger partial charge in [-0.2, -0.15) is 13.2 Å². The second-order valence-electron chi connectivity index (χ2n) is 3.60. The van der Waals surface area contributed by atoms with Crippen LogP contribution < -0.4 is 0 Å². The fraction of sp³-hybridized carbons (Fsp3) is 0.182. The normalized spacial score (nSPS) is 12.1. The molecule has 6 heteroatoms. The van der Waals surface area contributed by atoms with Crippen LogP contribution in [-0.4, -0.2) is 10.8 Å². The molecule has 0 atom stereocenters. The van der Waals surface area contributed by atoms with Gasteiger partial charge >= 0.3 is 6.18 Å². The number of hydrogen-bond donors (Lipinski definition) is 1. The van der Waals surface area contributed by atoms with Crippen molar-refractivity contribution in [1.82, 2.24) is 4.98 Å². The van der Waals surface area contributed by atoms with Gasteiger partial charge in [0, 0.05) is 16.5 Å². The number of benzene rings is 1. The molecule has 1 heterocycles. The molecule has 0 saturated carbocycles. The number of rotatable bonds is 1. The number of fused-ring (bicyclic) bond motifs is 1. The second-order valence-corrected chi connectivity index (χ2v) is 3.97. The monoisotopic (exact) mass is 261 g/mol. The van der Waals surface area contributed by atoms with Crippen molar-refractivity contribution in [2.24, 2.45) is 0 Å². The zero-order valence-corrected chi connectivity index (χ0v) is 9.41. The van der Waals surface area contributed by atoms with Crippen molar-refractivity contribution in [1.29, 1.82) is 0 Å². The molecular formula is C11H7ClF3NO. The van der Waals surface area contributed by atoms with E-state index in [0.717, 1.165) is 0 Å². The number of carbonyl (C=O) groups excluding carboxylic acids is 1. The Morgan fingerprint density at radius 3 is 2.53 bits per heavy atom. The van der Waals surface area contributed by atoms with Crippen LogP contribution in [0.4, 0.5) is 13.2 Å². The van der Waals surface area contributed by atoms with E-state index in [9.17, 15) is 18.0 Å². The van der Waals surface area contributed by atoms with Crippen LogP contribution in [0.3, 0.4) is 0 Å². The van der Waals surface area contributed by atoms with Crippen molar-refractivity contribution >= 4 is 28.3 Å². The lowest BCUT2D eigenvalue weighted by molar-refractivity contribution is -0.140. The lowest BCUT2D eigenvalue weighted by Gasteiger charge is -2.03. The van der Waals surface area contributed by atoms with E-state index in [2.05, 4.69) is 4.98 Å². The summed E-state index contributed by atoms with van der Waals surface area (Å²) in [6.45, 7) is 1.28. The fourth-order valence-electron chi connectivity index (χ4n) is 1.70.